The first-order valence-corrected chi connectivity index (χ1v) is 11.5. The normalized spacial score (nSPS) is 19.6. The van der Waals surface area contributed by atoms with E-state index < -0.39 is 0 Å². The van der Waals surface area contributed by atoms with Gasteiger partial charge in [0, 0.05) is 24.2 Å². The Bertz CT molecular complexity index is 1010. The van der Waals surface area contributed by atoms with Crippen molar-refractivity contribution in [1.29, 1.82) is 0 Å². The van der Waals surface area contributed by atoms with E-state index in [1.807, 2.05) is 0 Å². The van der Waals surface area contributed by atoms with E-state index in [0.717, 1.165) is 66.1 Å². The van der Waals surface area contributed by atoms with Crippen LogP contribution in [0.3, 0.4) is 0 Å². The number of nitrogens with one attached hydrogen (secondary N) is 1. The molecule has 0 aromatic carbocycles. The smallest absolute Gasteiger partial charge is 0.147 e. The van der Waals surface area contributed by atoms with Crippen LogP contribution in [-0.2, 0) is 24.0 Å². The Morgan fingerprint density at radius 2 is 2.04 bits per heavy atom. The van der Waals surface area contributed by atoms with Crippen LogP contribution < -0.4 is 5.32 Å². The molecule has 1 aliphatic heterocycles. The number of rotatable bonds is 5. The molecule has 1 saturated heterocycles. The van der Waals surface area contributed by atoms with Gasteiger partial charge in [-0.15, -0.1) is 11.3 Å². The molecule has 1 aliphatic carbocycles. The van der Waals surface area contributed by atoms with Gasteiger partial charge in [0.1, 0.15) is 17.0 Å². The van der Waals surface area contributed by atoms with Crippen LogP contribution in [0.15, 0.2) is 6.33 Å². The third-order valence-corrected chi connectivity index (χ3v) is 7.01. The molecule has 0 saturated carbocycles. The van der Waals surface area contributed by atoms with Gasteiger partial charge in [-0.05, 0) is 62.0 Å². The summed E-state index contributed by atoms with van der Waals surface area (Å²) in [5.41, 5.74) is 5.39. The summed E-state index contributed by atoms with van der Waals surface area (Å²) in [7, 11) is 0. The lowest BCUT2D eigenvalue weighted by molar-refractivity contribution is 0.120. The summed E-state index contributed by atoms with van der Waals surface area (Å²) in [4.78, 5) is 15.5. The Morgan fingerprint density at radius 3 is 2.82 bits per heavy atom. The molecule has 0 bridgehead atoms. The SMILES string of the molecule is CC(C)Cc1nc2sc3c(NC[C@@H]4CCCO4)ncnc3c2c2c1CCCC2. The number of ether oxygens (including phenoxy) is 1. The van der Waals surface area contributed by atoms with E-state index >= 15 is 0 Å². The van der Waals surface area contributed by atoms with Crippen molar-refractivity contribution in [1.82, 2.24) is 15.0 Å². The zero-order valence-corrected chi connectivity index (χ0v) is 17.6. The number of thiophene rings is 1. The van der Waals surface area contributed by atoms with E-state index in [4.69, 9.17) is 14.7 Å². The number of pyridine rings is 1. The maximum absolute atomic E-state index is 5.76. The number of nitrogens with zero attached hydrogens (tertiary/aromatic N) is 3. The third-order valence-electron chi connectivity index (χ3n) is 5.93. The van der Waals surface area contributed by atoms with Crippen molar-refractivity contribution in [3.05, 3.63) is 23.1 Å². The second-order valence-corrected chi connectivity index (χ2v) is 9.52. The molecule has 1 atom stereocenters. The Hall–Kier alpha value is -1.79. The van der Waals surface area contributed by atoms with Gasteiger partial charge in [-0.1, -0.05) is 13.8 Å². The van der Waals surface area contributed by atoms with E-state index in [1.165, 1.54) is 35.0 Å². The minimum absolute atomic E-state index is 0.294. The second-order valence-electron chi connectivity index (χ2n) is 8.52. The standard InChI is InChI=1S/C22H28N4OS/c1-13(2)10-17-15-7-3-4-8-16(15)18-19-20(28-22(18)26-17)21(25-12-24-19)23-11-14-6-5-9-27-14/h12-14H,3-11H2,1-2H3,(H,23,24,25)/t14-/m0/s1. The summed E-state index contributed by atoms with van der Waals surface area (Å²) >= 11 is 1.75. The minimum Gasteiger partial charge on any atom is -0.376 e. The number of hydrogen-bond donors (Lipinski definition) is 1. The van der Waals surface area contributed by atoms with Gasteiger partial charge in [-0.25, -0.2) is 15.0 Å². The molecule has 2 aliphatic rings. The second kappa shape index (κ2) is 7.56. The summed E-state index contributed by atoms with van der Waals surface area (Å²) in [5, 5.41) is 4.81. The van der Waals surface area contributed by atoms with Gasteiger partial charge in [0.15, 0.2) is 0 Å². The van der Waals surface area contributed by atoms with E-state index in [9.17, 15) is 0 Å². The Kier molecular flexibility index (Phi) is 4.93. The van der Waals surface area contributed by atoms with E-state index in [0.29, 0.717) is 12.0 Å². The first-order chi connectivity index (χ1) is 13.7. The summed E-state index contributed by atoms with van der Waals surface area (Å²) in [5.74, 6) is 1.55. The van der Waals surface area contributed by atoms with Crippen molar-refractivity contribution >= 4 is 37.6 Å². The number of fused-ring (bicyclic) bond motifs is 5. The fourth-order valence-electron chi connectivity index (χ4n) is 4.64. The molecule has 5 rings (SSSR count). The number of aromatic nitrogens is 3. The Morgan fingerprint density at radius 1 is 1.18 bits per heavy atom. The van der Waals surface area contributed by atoms with Gasteiger partial charge in [0.05, 0.1) is 16.3 Å². The van der Waals surface area contributed by atoms with Crippen LogP contribution in [0.25, 0.3) is 20.4 Å². The van der Waals surface area contributed by atoms with Crippen molar-refractivity contribution in [2.75, 3.05) is 18.5 Å². The molecule has 4 heterocycles. The molecule has 6 heteroatoms. The average Bonchev–Trinajstić information content (AvgIpc) is 3.33. The predicted octanol–water partition coefficient (Wildman–Crippen LogP) is 4.91. The molecule has 1 N–H and O–H groups in total. The van der Waals surface area contributed by atoms with Crippen molar-refractivity contribution in [3.63, 3.8) is 0 Å². The van der Waals surface area contributed by atoms with Crippen molar-refractivity contribution in [2.24, 2.45) is 5.92 Å². The molecular weight excluding hydrogens is 368 g/mol. The minimum atomic E-state index is 0.294. The molecule has 0 spiro atoms. The fraction of sp³-hybridized carbons (Fsp3) is 0.591. The molecular formula is C22H28N4OS. The van der Waals surface area contributed by atoms with E-state index in [-0.39, 0.29) is 0 Å². The third kappa shape index (κ3) is 3.26. The van der Waals surface area contributed by atoms with Gasteiger partial charge >= 0.3 is 0 Å². The van der Waals surface area contributed by atoms with Crippen LogP contribution >= 0.6 is 11.3 Å². The molecule has 5 nitrogen and oxygen atoms in total. The predicted molar refractivity (Wildman–Crippen MR) is 115 cm³/mol. The summed E-state index contributed by atoms with van der Waals surface area (Å²) in [6.45, 7) is 6.25. The molecule has 148 valence electrons. The molecule has 0 amide bonds. The van der Waals surface area contributed by atoms with Crippen LogP contribution in [0.4, 0.5) is 5.82 Å². The van der Waals surface area contributed by atoms with Crippen molar-refractivity contribution < 1.29 is 4.74 Å². The quantitative estimate of drug-likeness (QED) is 0.664. The van der Waals surface area contributed by atoms with Gasteiger partial charge in [0.25, 0.3) is 0 Å². The Balaban J connectivity index is 1.61. The fourth-order valence-corrected chi connectivity index (χ4v) is 5.78. The lowest BCUT2D eigenvalue weighted by Gasteiger charge is -2.20. The zero-order chi connectivity index (χ0) is 19.1. The topological polar surface area (TPSA) is 59.9 Å². The summed E-state index contributed by atoms with van der Waals surface area (Å²) in [6.07, 6.45) is 10.2. The lowest BCUT2D eigenvalue weighted by Crippen LogP contribution is -2.18. The van der Waals surface area contributed by atoms with Gasteiger partial charge in [-0.2, -0.15) is 0 Å². The first-order valence-electron chi connectivity index (χ1n) is 10.6. The molecule has 3 aromatic heterocycles. The largest absolute Gasteiger partial charge is 0.376 e. The maximum atomic E-state index is 5.76. The molecule has 28 heavy (non-hydrogen) atoms. The summed E-state index contributed by atoms with van der Waals surface area (Å²) in [6, 6.07) is 0. The highest BCUT2D eigenvalue weighted by Gasteiger charge is 2.24. The van der Waals surface area contributed by atoms with Gasteiger partial charge in [-0.3, -0.25) is 0 Å². The maximum Gasteiger partial charge on any atom is 0.147 e. The highest BCUT2D eigenvalue weighted by atomic mass is 32.1. The Labute approximate surface area is 169 Å². The monoisotopic (exact) mass is 396 g/mol. The molecule has 1 fully saturated rings. The highest BCUT2D eigenvalue weighted by molar-refractivity contribution is 7.26. The summed E-state index contributed by atoms with van der Waals surface area (Å²) < 4.78 is 6.89. The molecule has 3 aromatic rings. The highest BCUT2D eigenvalue weighted by Crippen LogP contribution is 2.41. The van der Waals surface area contributed by atoms with Crippen LogP contribution in [0.2, 0.25) is 0 Å². The van der Waals surface area contributed by atoms with Crippen molar-refractivity contribution in [2.45, 2.75) is 64.9 Å². The number of hydrogen-bond acceptors (Lipinski definition) is 6. The zero-order valence-electron chi connectivity index (χ0n) is 16.8. The molecule has 0 radical (unpaired) electrons. The van der Waals surface area contributed by atoms with E-state index in [2.05, 4.69) is 24.1 Å². The van der Waals surface area contributed by atoms with E-state index in [1.54, 1.807) is 17.7 Å². The number of anilines is 1. The molecule has 0 unspecified atom stereocenters. The lowest BCUT2D eigenvalue weighted by atomic mass is 9.87. The van der Waals surface area contributed by atoms with Crippen molar-refractivity contribution in [3.8, 4) is 0 Å². The average molecular weight is 397 g/mol. The van der Waals surface area contributed by atoms with Crippen LogP contribution in [0.1, 0.15) is 56.4 Å². The van der Waals surface area contributed by atoms with Gasteiger partial charge < -0.3 is 10.1 Å². The number of aryl methyl sites for hydroxylation is 1. The van der Waals surface area contributed by atoms with Gasteiger partial charge in [0.2, 0.25) is 0 Å². The van der Waals surface area contributed by atoms with Crippen LogP contribution in [0.5, 0.6) is 0 Å². The van der Waals surface area contributed by atoms with Crippen LogP contribution in [0, 0.1) is 5.92 Å². The first kappa shape index (κ1) is 18.3. The van der Waals surface area contributed by atoms with Crippen LogP contribution in [-0.4, -0.2) is 34.2 Å².